The van der Waals surface area contributed by atoms with Gasteiger partial charge in [0.05, 0.1) is 12.1 Å². The maximum absolute atomic E-state index is 5.77. The number of benzene rings is 1. The summed E-state index contributed by atoms with van der Waals surface area (Å²) >= 11 is 7.28. The number of thioether (sulfide) groups is 1. The summed E-state index contributed by atoms with van der Waals surface area (Å²) in [7, 11) is 0. The largest absolute Gasteiger partial charge is 0.491 e. The smallest absolute Gasteiger partial charge is 0.178 e. The third-order valence-corrected chi connectivity index (χ3v) is 4.35. The number of aromatic nitrogens is 2. The minimum absolute atomic E-state index is 0.533. The van der Waals surface area contributed by atoms with Crippen LogP contribution in [0.25, 0.3) is 11.0 Å². The number of para-hydroxylation sites is 1. The van der Waals surface area contributed by atoms with Crippen molar-refractivity contribution in [2.75, 3.05) is 12.9 Å². The molecule has 5 heteroatoms. The van der Waals surface area contributed by atoms with Gasteiger partial charge >= 0.3 is 0 Å². The summed E-state index contributed by atoms with van der Waals surface area (Å²) in [6.07, 6.45) is 3.13. The molecule has 0 aliphatic heterocycles. The van der Waals surface area contributed by atoms with Gasteiger partial charge in [0.2, 0.25) is 0 Å². The highest BCUT2D eigenvalue weighted by atomic mass is 32.2. The van der Waals surface area contributed by atoms with Crippen molar-refractivity contribution in [1.29, 1.82) is 0 Å². The molecule has 0 fully saturated rings. The topological polar surface area (TPSA) is 29.9 Å². The number of imidazole rings is 1. The Morgan fingerprint density at radius 2 is 2.26 bits per heavy atom. The van der Waals surface area contributed by atoms with Crippen LogP contribution in [0.2, 0.25) is 0 Å². The lowest BCUT2D eigenvalue weighted by molar-refractivity contribution is 0.320. The summed E-state index contributed by atoms with van der Waals surface area (Å²) in [5.74, 6) is 0.890. The van der Waals surface area contributed by atoms with Crippen LogP contribution >= 0.6 is 24.0 Å². The fourth-order valence-electron chi connectivity index (χ4n) is 2.00. The molecule has 0 saturated heterocycles. The predicted molar refractivity (Wildman–Crippen MR) is 85.9 cm³/mol. The van der Waals surface area contributed by atoms with E-state index in [1.807, 2.05) is 23.9 Å². The molecule has 104 valence electrons. The van der Waals surface area contributed by atoms with Crippen molar-refractivity contribution in [3.8, 4) is 5.75 Å². The summed E-state index contributed by atoms with van der Waals surface area (Å²) in [5.41, 5.74) is 2.13. The van der Waals surface area contributed by atoms with Crippen molar-refractivity contribution in [1.82, 2.24) is 9.55 Å². The highest BCUT2D eigenvalue weighted by Crippen LogP contribution is 2.26. The molecule has 2 aromatic rings. The minimum Gasteiger partial charge on any atom is -0.491 e. The van der Waals surface area contributed by atoms with Crippen LogP contribution in [0.4, 0.5) is 0 Å². The van der Waals surface area contributed by atoms with Crippen LogP contribution in [0.1, 0.15) is 20.3 Å². The lowest BCUT2D eigenvalue weighted by Crippen LogP contribution is -2.08. The summed E-state index contributed by atoms with van der Waals surface area (Å²) in [6, 6.07) is 6.11. The molecule has 0 amide bonds. The van der Waals surface area contributed by atoms with E-state index in [9.17, 15) is 0 Å². The van der Waals surface area contributed by atoms with Gasteiger partial charge in [-0.3, -0.25) is 0 Å². The second-order valence-corrected chi connectivity index (χ2v) is 6.25. The number of fused-ring (bicyclic) bond motifs is 1. The van der Waals surface area contributed by atoms with E-state index in [-0.39, 0.29) is 0 Å². The molecule has 0 saturated carbocycles. The number of ether oxygens (including phenoxy) is 1. The Bertz CT molecular complexity index is 603. The first-order valence-corrected chi connectivity index (χ1v) is 8.24. The Morgan fingerprint density at radius 1 is 1.47 bits per heavy atom. The molecular formula is C14H20N2OS2. The average molecular weight is 296 g/mol. The number of aromatic amines is 1. The minimum atomic E-state index is 0.533. The lowest BCUT2D eigenvalue weighted by atomic mass is 10.3. The molecule has 1 atom stereocenters. The number of hydrogen-bond acceptors (Lipinski definition) is 3. The van der Waals surface area contributed by atoms with Gasteiger partial charge in [0.25, 0.3) is 0 Å². The molecule has 1 heterocycles. The standard InChI is InChI=1S/C14H20N2OS2/c1-4-8-17-12-7-5-6-11-13(12)15-14(18)16(11)9-10(2)19-3/h5-7,10H,4,8-9H2,1-3H3,(H,15,18). The molecule has 0 radical (unpaired) electrons. The zero-order valence-corrected chi connectivity index (χ0v) is 13.2. The van der Waals surface area contributed by atoms with Gasteiger partial charge in [-0.25, -0.2) is 0 Å². The Morgan fingerprint density at radius 3 is 2.95 bits per heavy atom. The van der Waals surface area contributed by atoms with Crippen LogP contribution in [-0.4, -0.2) is 27.7 Å². The van der Waals surface area contributed by atoms with Crippen molar-refractivity contribution in [3.63, 3.8) is 0 Å². The first kappa shape index (κ1) is 14.5. The number of H-pyrrole nitrogens is 1. The second-order valence-electron chi connectivity index (χ2n) is 4.59. The fraction of sp³-hybridized carbons (Fsp3) is 0.500. The van der Waals surface area contributed by atoms with Gasteiger partial charge in [0, 0.05) is 11.8 Å². The van der Waals surface area contributed by atoms with Gasteiger partial charge in [-0.05, 0) is 37.0 Å². The summed E-state index contributed by atoms with van der Waals surface area (Å²) < 4.78 is 8.70. The SMILES string of the molecule is CCCOc1cccc2c1[nH]c(=S)n2CC(C)SC. The van der Waals surface area contributed by atoms with Crippen molar-refractivity contribution in [2.45, 2.75) is 32.1 Å². The van der Waals surface area contributed by atoms with Crippen LogP contribution in [0.15, 0.2) is 18.2 Å². The van der Waals surface area contributed by atoms with E-state index in [0.29, 0.717) is 5.25 Å². The van der Waals surface area contributed by atoms with E-state index >= 15 is 0 Å². The van der Waals surface area contributed by atoms with E-state index in [1.54, 1.807) is 0 Å². The number of nitrogens with one attached hydrogen (secondary N) is 1. The Balaban J connectivity index is 2.43. The van der Waals surface area contributed by atoms with Crippen molar-refractivity contribution in [2.24, 2.45) is 0 Å². The molecule has 0 aliphatic carbocycles. The van der Waals surface area contributed by atoms with Crippen LogP contribution in [0.5, 0.6) is 5.75 Å². The third-order valence-electron chi connectivity index (χ3n) is 3.08. The quantitative estimate of drug-likeness (QED) is 0.809. The van der Waals surface area contributed by atoms with Gasteiger partial charge in [-0.2, -0.15) is 11.8 Å². The molecule has 1 unspecified atom stereocenters. The highest BCUT2D eigenvalue weighted by molar-refractivity contribution is 7.99. The fourth-order valence-corrected chi connectivity index (χ4v) is 2.57. The average Bonchev–Trinajstić information content (AvgIpc) is 2.73. The molecule has 2 rings (SSSR count). The molecule has 19 heavy (non-hydrogen) atoms. The van der Waals surface area contributed by atoms with Crippen molar-refractivity contribution < 1.29 is 4.74 Å². The van der Waals surface area contributed by atoms with E-state index in [0.717, 1.165) is 41.1 Å². The van der Waals surface area contributed by atoms with Gasteiger partial charge < -0.3 is 14.3 Å². The molecule has 1 aromatic heterocycles. The molecule has 1 N–H and O–H groups in total. The summed E-state index contributed by atoms with van der Waals surface area (Å²) in [4.78, 5) is 3.28. The van der Waals surface area contributed by atoms with Gasteiger partial charge in [-0.15, -0.1) is 0 Å². The van der Waals surface area contributed by atoms with E-state index in [1.165, 1.54) is 0 Å². The lowest BCUT2D eigenvalue weighted by Gasteiger charge is -2.10. The Hall–Kier alpha value is -0.940. The van der Waals surface area contributed by atoms with Gasteiger partial charge in [-0.1, -0.05) is 19.9 Å². The number of nitrogens with zero attached hydrogens (tertiary/aromatic N) is 1. The molecule has 0 aliphatic rings. The first-order valence-electron chi connectivity index (χ1n) is 6.54. The van der Waals surface area contributed by atoms with Crippen LogP contribution in [0.3, 0.4) is 0 Å². The van der Waals surface area contributed by atoms with E-state index < -0.39 is 0 Å². The predicted octanol–water partition coefficient (Wildman–Crippen LogP) is 4.24. The normalized spacial score (nSPS) is 12.8. The summed E-state index contributed by atoms with van der Waals surface area (Å²) in [6.45, 7) is 5.96. The van der Waals surface area contributed by atoms with E-state index in [2.05, 4.69) is 35.7 Å². The Labute approximate surface area is 123 Å². The molecule has 0 spiro atoms. The summed E-state index contributed by atoms with van der Waals surface area (Å²) in [5, 5.41) is 0.533. The van der Waals surface area contributed by atoms with Gasteiger partial charge in [0.15, 0.2) is 4.77 Å². The molecule has 0 bridgehead atoms. The van der Waals surface area contributed by atoms with Crippen molar-refractivity contribution in [3.05, 3.63) is 23.0 Å². The van der Waals surface area contributed by atoms with Crippen LogP contribution < -0.4 is 4.74 Å². The number of hydrogen-bond donors (Lipinski definition) is 1. The Kier molecular flexibility index (Phi) is 4.93. The molecule has 1 aromatic carbocycles. The molecular weight excluding hydrogens is 276 g/mol. The second kappa shape index (κ2) is 6.48. The van der Waals surface area contributed by atoms with Crippen LogP contribution in [0, 0.1) is 4.77 Å². The van der Waals surface area contributed by atoms with Gasteiger partial charge in [0.1, 0.15) is 11.3 Å². The molecule has 3 nitrogen and oxygen atoms in total. The first-order chi connectivity index (χ1) is 9.17. The zero-order valence-electron chi connectivity index (χ0n) is 11.6. The van der Waals surface area contributed by atoms with Crippen molar-refractivity contribution >= 4 is 35.0 Å². The highest BCUT2D eigenvalue weighted by Gasteiger charge is 2.11. The van der Waals surface area contributed by atoms with E-state index in [4.69, 9.17) is 17.0 Å². The monoisotopic (exact) mass is 296 g/mol. The zero-order chi connectivity index (χ0) is 13.8. The van der Waals surface area contributed by atoms with Crippen LogP contribution in [-0.2, 0) is 6.54 Å². The third kappa shape index (κ3) is 3.15. The maximum Gasteiger partial charge on any atom is 0.178 e. The maximum atomic E-state index is 5.77. The number of rotatable bonds is 6.